The van der Waals surface area contributed by atoms with Crippen LogP contribution in [-0.2, 0) is 6.42 Å². The van der Waals surface area contributed by atoms with E-state index in [0.717, 1.165) is 19.3 Å². The van der Waals surface area contributed by atoms with Gasteiger partial charge >= 0.3 is 0 Å². The fourth-order valence-corrected chi connectivity index (χ4v) is 2.37. The summed E-state index contributed by atoms with van der Waals surface area (Å²) in [6.07, 6.45) is 3.29. The molecule has 0 atom stereocenters. The van der Waals surface area contributed by atoms with Gasteiger partial charge in [-0.15, -0.1) is 0 Å². The van der Waals surface area contributed by atoms with Gasteiger partial charge in [0, 0.05) is 10.0 Å². The van der Waals surface area contributed by atoms with Crippen molar-refractivity contribution in [2.24, 2.45) is 0 Å². The largest absolute Gasteiger partial charge is 0.288 e. The van der Waals surface area contributed by atoms with Crippen molar-refractivity contribution in [3.63, 3.8) is 0 Å². The van der Waals surface area contributed by atoms with Gasteiger partial charge in [-0.2, -0.15) is 0 Å². The van der Waals surface area contributed by atoms with Gasteiger partial charge in [0.2, 0.25) is 0 Å². The van der Waals surface area contributed by atoms with Crippen molar-refractivity contribution in [3.05, 3.63) is 69.4 Å². The molecule has 0 aliphatic carbocycles. The number of hydrogen-bond acceptors (Lipinski definition) is 1. The number of aryl methyl sites for hydroxylation is 1. The molecule has 20 heavy (non-hydrogen) atoms. The Kier molecular flexibility index (Phi) is 5.07. The molecule has 0 aromatic heterocycles. The molecule has 0 amide bonds. The maximum Gasteiger partial charge on any atom is 0.195 e. The third-order valence-corrected chi connectivity index (χ3v) is 3.70. The third-order valence-electron chi connectivity index (χ3n) is 3.21. The highest BCUT2D eigenvalue weighted by atomic mass is 79.9. The van der Waals surface area contributed by atoms with Gasteiger partial charge in [-0.25, -0.2) is 4.39 Å². The second-order valence-electron chi connectivity index (χ2n) is 4.75. The molecule has 0 saturated carbocycles. The lowest BCUT2D eigenvalue weighted by molar-refractivity contribution is 0.103. The molecular formula is C17H16BrFO. The summed E-state index contributed by atoms with van der Waals surface area (Å²) in [7, 11) is 0. The third kappa shape index (κ3) is 3.54. The highest BCUT2D eigenvalue weighted by molar-refractivity contribution is 9.10. The quantitative estimate of drug-likeness (QED) is 0.690. The van der Waals surface area contributed by atoms with E-state index in [0.29, 0.717) is 10.0 Å². The molecule has 0 aliphatic heterocycles. The monoisotopic (exact) mass is 334 g/mol. The maximum atomic E-state index is 13.8. The Labute approximate surface area is 127 Å². The van der Waals surface area contributed by atoms with Crippen LogP contribution >= 0.6 is 15.9 Å². The smallest absolute Gasteiger partial charge is 0.195 e. The van der Waals surface area contributed by atoms with E-state index in [1.54, 1.807) is 18.2 Å². The van der Waals surface area contributed by atoms with Crippen LogP contribution in [0, 0.1) is 5.82 Å². The van der Waals surface area contributed by atoms with Crippen molar-refractivity contribution < 1.29 is 9.18 Å². The summed E-state index contributed by atoms with van der Waals surface area (Å²) in [5.74, 6) is -0.781. The molecule has 0 spiro atoms. The van der Waals surface area contributed by atoms with Crippen LogP contribution in [0.25, 0.3) is 0 Å². The molecule has 1 nitrogen and oxygen atoms in total. The van der Waals surface area contributed by atoms with E-state index in [-0.39, 0.29) is 11.3 Å². The molecule has 2 aromatic carbocycles. The summed E-state index contributed by atoms with van der Waals surface area (Å²) in [5.41, 5.74) is 1.83. The van der Waals surface area contributed by atoms with Crippen molar-refractivity contribution >= 4 is 21.7 Å². The Balaban J connectivity index is 2.20. The van der Waals surface area contributed by atoms with Crippen LogP contribution in [0.2, 0.25) is 0 Å². The Morgan fingerprint density at radius 2 is 1.85 bits per heavy atom. The summed E-state index contributed by atoms with van der Waals surface area (Å²) in [5, 5.41) is 0. The van der Waals surface area contributed by atoms with Gasteiger partial charge < -0.3 is 0 Å². The highest BCUT2D eigenvalue weighted by Gasteiger charge is 2.14. The topological polar surface area (TPSA) is 17.1 Å². The van der Waals surface area contributed by atoms with Crippen molar-refractivity contribution in [1.82, 2.24) is 0 Å². The second kappa shape index (κ2) is 6.80. The van der Waals surface area contributed by atoms with Crippen LogP contribution in [-0.4, -0.2) is 5.78 Å². The Hall–Kier alpha value is -1.48. The number of rotatable bonds is 5. The van der Waals surface area contributed by atoms with Crippen LogP contribution in [0.5, 0.6) is 0 Å². The van der Waals surface area contributed by atoms with Gasteiger partial charge in [0.05, 0.1) is 5.56 Å². The minimum Gasteiger partial charge on any atom is -0.288 e. The van der Waals surface area contributed by atoms with E-state index in [1.165, 1.54) is 17.7 Å². The zero-order valence-corrected chi connectivity index (χ0v) is 12.9. The molecule has 0 N–H and O–H groups in total. The highest BCUT2D eigenvalue weighted by Crippen LogP contribution is 2.19. The first-order valence-electron chi connectivity index (χ1n) is 6.70. The van der Waals surface area contributed by atoms with Crippen LogP contribution in [0.1, 0.15) is 41.3 Å². The molecule has 0 fully saturated rings. The molecule has 0 saturated heterocycles. The molecule has 0 aliphatic rings. The van der Waals surface area contributed by atoms with Crippen LogP contribution in [0.4, 0.5) is 4.39 Å². The molecule has 0 bridgehead atoms. The Bertz CT molecular complexity index is 605. The predicted octanol–water partition coefficient (Wildman–Crippen LogP) is 5.16. The summed E-state index contributed by atoms with van der Waals surface area (Å²) in [4.78, 5) is 12.2. The van der Waals surface area contributed by atoms with Crippen LogP contribution in [0.15, 0.2) is 46.9 Å². The average molecular weight is 335 g/mol. The van der Waals surface area contributed by atoms with Gasteiger partial charge in [-0.05, 0) is 36.6 Å². The van der Waals surface area contributed by atoms with E-state index < -0.39 is 5.82 Å². The first-order valence-corrected chi connectivity index (χ1v) is 7.50. The molecule has 104 valence electrons. The van der Waals surface area contributed by atoms with Gasteiger partial charge in [0.15, 0.2) is 5.78 Å². The molecule has 0 radical (unpaired) electrons. The maximum absolute atomic E-state index is 13.8. The standard InChI is InChI=1S/C17H16BrFO/c1-2-3-4-12-5-7-13(8-6-12)17(20)15-10-9-14(18)11-16(15)19/h5-11H,2-4H2,1H3. The van der Waals surface area contributed by atoms with Gasteiger partial charge in [0.25, 0.3) is 0 Å². The van der Waals surface area contributed by atoms with Crippen molar-refractivity contribution in [2.75, 3.05) is 0 Å². The number of ketones is 1. The van der Waals surface area contributed by atoms with Gasteiger partial charge in [-0.1, -0.05) is 53.5 Å². The molecule has 2 rings (SSSR count). The summed E-state index contributed by atoms with van der Waals surface area (Å²) >= 11 is 3.18. The number of halogens is 2. The Morgan fingerprint density at radius 1 is 1.15 bits per heavy atom. The average Bonchev–Trinajstić information content (AvgIpc) is 2.45. The first kappa shape index (κ1) is 14.9. The van der Waals surface area contributed by atoms with Gasteiger partial charge in [0.1, 0.15) is 5.82 Å². The number of hydrogen-bond donors (Lipinski definition) is 0. The number of carbonyl (C=O) groups excluding carboxylic acids is 1. The minimum atomic E-state index is -0.501. The van der Waals surface area contributed by atoms with E-state index in [2.05, 4.69) is 22.9 Å². The number of carbonyl (C=O) groups is 1. The second-order valence-corrected chi connectivity index (χ2v) is 5.67. The SMILES string of the molecule is CCCCc1ccc(C(=O)c2ccc(Br)cc2F)cc1. The van der Waals surface area contributed by atoms with Gasteiger partial charge in [-0.3, -0.25) is 4.79 Å². The summed E-state index contributed by atoms with van der Waals surface area (Å²) < 4.78 is 14.4. The lowest BCUT2D eigenvalue weighted by Crippen LogP contribution is -2.04. The van der Waals surface area contributed by atoms with E-state index in [1.807, 2.05) is 12.1 Å². The zero-order chi connectivity index (χ0) is 14.5. The predicted molar refractivity (Wildman–Crippen MR) is 82.6 cm³/mol. The fraction of sp³-hybridized carbons (Fsp3) is 0.235. The van der Waals surface area contributed by atoms with Crippen LogP contribution in [0.3, 0.4) is 0 Å². The number of benzene rings is 2. The molecule has 3 heteroatoms. The van der Waals surface area contributed by atoms with Crippen molar-refractivity contribution in [2.45, 2.75) is 26.2 Å². The molecular weight excluding hydrogens is 319 g/mol. The molecule has 2 aromatic rings. The summed E-state index contributed by atoms with van der Waals surface area (Å²) in [6, 6.07) is 11.9. The molecule has 0 unspecified atom stereocenters. The van der Waals surface area contributed by atoms with Crippen molar-refractivity contribution in [3.8, 4) is 0 Å². The fourth-order valence-electron chi connectivity index (χ4n) is 2.03. The van der Waals surface area contributed by atoms with Crippen LogP contribution < -0.4 is 0 Å². The first-order chi connectivity index (χ1) is 9.61. The number of unbranched alkanes of at least 4 members (excludes halogenated alkanes) is 1. The molecule has 0 heterocycles. The summed E-state index contributed by atoms with van der Waals surface area (Å²) in [6.45, 7) is 2.15. The normalized spacial score (nSPS) is 10.6. The van der Waals surface area contributed by atoms with E-state index in [4.69, 9.17) is 0 Å². The lowest BCUT2D eigenvalue weighted by atomic mass is 10.00. The van der Waals surface area contributed by atoms with E-state index >= 15 is 0 Å². The zero-order valence-electron chi connectivity index (χ0n) is 11.3. The Morgan fingerprint density at radius 3 is 2.45 bits per heavy atom. The minimum absolute atomic E-state index is 0.106. The van der Waals surface area contributed by atoms with Crippen molar-refractivity contribution in [1.29, 1.82) is 0 Å². The van der Waals surface area contributed by atoms with E-state index in [9.17, 15) is 9.18 Å². The lowest BCUT2D eigenvalue weighted by Gasteiger charge is -2.05.